The fraction of sp³-hybridized carbons (Fsp3) is 0.433. The molecule has 2 aromatic carbocycles. The molecule has 2 aliphatic heterocycles. The lowest BCUT2D eigenvalue weighted by Crippen LogP contribution is -2.47. The number of halogens is 1. The topological polar surface area (TPSA) is 59.6 Å². The van der Waals surface area contributed by atoms with Gasteiger partial charge in [-0.3, -0.25) is 0 Å². The normalized spacial score (nSPS) is 16.1. The summed E-state index contributed by atoms with van der Waals surface area (Å²) in [6, 6.07) is 19.4. The number of rotatable bonds is 8. The molecule has 9 heteroatoms. The molecule has 206 valence electrons. The molecule has 0 bridgehead atoms. The fourth-order valence-electron chi connectivity index (χ4n) is 5.23. The zero-order chi connectivity index (χ0) is 26.9. The number of benzene rings is 2. The van der Waals surface area contributed by atoms with Gasteiger partial charge in [0.1, 0.15) is 17.5 Å². The smallest absolute Gasteiger partial charge is 0.232 e. The zero-order valence-corrected chi connectivity index (χ0v) is 23.3. The van der Waals surface area contributed by atoms with Crippen molar-refractivity contribution in [3.63, 3.8) is 0 Å². The average Bonchev–Trinajstić information content (AvgIpc) is 3.27. The molecule has 2 N–H and O–H groups in total. The van der Waals surface area contributed by atoms with E-state index in [9.17, 15) is 4.39 Å². The van der Waals surface area contributed by atoms with E-state index in [2.05, 4.69) is 61.7 Å². The first-order valence-electron chi connectivity index (χ1n) is 14.1. The van der Waals surface area contributed by atoms with E-state index in [0.717, 1.165) is 69.3 Å². The maximum absolute atomic E-state index is 13.1. The minimum atomic E-state index is -0.206. The Hall–Kier alpha value is -3.46. The number of para-hydroxylation sites is 1. The van der Waals surface area contributed by atoms with Crippen molar-refractivity contribution in [2.45, 2.75) is 38.5 Å². The molecule has 1 aromatic heterocycles. The van der Waals surface area contributed by atoms with E-state index in [0.29, 0.717) is 17.6 Å². The predicted octanol–water partition coefficient (Wildman–Crippen LogP) is 5.24. The first-order valence-corrected chi connectivity index (χ1v) is 14.5. The Balaban J connectivity index is 1.22. The second kappa shape index (κ2) is 13.6. The van der Waals surface area contributed by atoms with Crippen LogP contribution in [0.25, 0.3) is 0 Å². The molecule has 7 nitrogen and oxygen atoms in total. The van der Waals surface area contributed by atoms with Crippen LogP contribution in [0.5, 0.6) is 0 Å². The van der Waals surface area contributed by atoms with Crippen molar-refractivity contribution in [2.75, 3.05) is 65.8 Å². The fourth-order valence-corrected chi connectivity index (χ4v) is 5.42. The Morgan fingerprint density at radius 2 is 1.38 bits per heavy atom. The molecule has 2 fully saturated rings. The van der Waals surface area contributed by atoms with Crippen molar-refractivity contribution >= 4 is 40.6 Å². The summed E-state index contributed by atoms with van der Waals surface area (Å²) in [7, 11) is 0. The van der Waals surface area contributed by atoms with Crippen molar-refractivity contribution in [1.82, 2.24) is 15.3 Å². The van der Waals surface area contributed by atoms with Crippen molar-refractivity contribution in [3.05, 3.63) is 72.0 Å². The minimum Gasteiger partial charge on any atom is -0.368 e. The van der Waals surface area contributed by atoms with Gasteiger partial charge in [0, 0.05) is 57.6 Å². The Morgan fingerprint density at radius 3 is 2.05 bits per heavy atom. The van der Waals surface area contributed by atoms with Gasteiger partial charge in [0.15, 0.2) is 5.11 Å². The highest BCUT2D eigenvalue weighted by molar-refractivity contribution is 7.80. The lowest BCUT2D eigenvalue weighted by Gasteiger charge is -2.37. The molecule has 0 aliphatic carbocycles. The summed E-state index contributed by atoms with van der Waals surface area (Å²) in [4.78, 5) is 17.0. The third-order valence-electron chi connectivity index (χ3n) is 7.42. The number of thiocarbonyl (C=S) groups is 1. The Bertz CT molecular complexity index is 1190. The largest absolute Gasteiger partial charge is 0.368 e. The Kier molecular flexibility index (Phi) is 9.43. The summed E-state index contributed by atoms with van der Waals surface area (Å²) in [6.45, 7) is 6.44. The van der Waals surface area contributed by atoms with Crippen LogP contribution in [0, 0.1) is 5.82 Å². The number of hydrogen-bond donors (Lipinski definition) is 2. The first kappa shape index (κ1) is 27.1. The molecule has 0 atom stereocenters. The van der Waals surface area contributed by atoms with Gasteiger partial charge in [0.25, 0.3) is 0 Å². The van der Waals surface area contributed by atoms with Gasteiger partial charge in [0.05, 0.1) is 0 Å². The third kappa shape index (κ3) is 7.79. The second-order valence-electron chi connectivity index (χ2n) is 10.2. The molecule has 3 aromatic rings. The number of nitrogens with zero attached hydrogens (tertiary/aromatic N) is 5. The molecule has 39 heavy (non-hydrogen) atoms. The number of hydrogen-bond acceptors (Lipinski definition) is 6. The monoisotopic (exact) mass is 547 g/mol. The molecule has 2 saturated heterocycles. The molecular weight excluding hydrogens is 509 g/mol. The maximum atomic E-state index is 13.1. The number of anilines is 4. The highest BCUT2D eigenvalue weighted by Crippen LogP contribution is 2.26. The zero-order valence-electron chi connectivity index (χ0n) is 22.5. The summed E-state index contributed by atoms with van der Waals surface area (Å²) in [6.07, 6.45) is 6.66. The van der Waals surface area contributed by atoms with Crippen LogP contribution in [0.15, 0.2) is 60.7 Å². The highest BCUT2D eigenvalue weighted by Gasteiger charge is 2.21. The molecule has 0 radical (unpaired) electrons. The van der Waals surface area contributed by atoms with Gasteiger partial charge in [-0.2, -0.15) is 9.97 Å². The summed E-state index contributed by atoms with van der Waals surface area (Å²) >= 11 is 5.59. The van der Waals surface area contributed by atoms with Crippen LogP contribution >= 0.6 is 12.2 Å². The van der Waals surface area contributed by atoms with E-state index in [1.807, 2.05) is 12.1 Å². The lowest BCUT2D eigenvalue weighted by atomic mass is 10.1. The van der Waals surface area contributed by atoms with Crippen LogP contribution in [-0.2, 0) is 6.42 Å². The van der Waals surface area contributed by atoms with Crippen LogP contribution in [-0.4, -0.2) is 60.9 Å². The van der Waals surface area contributed by atoms with Gasteiger partial charge >= 0.3 is 0 Å². The second-order valence-corrected chi connectivity index (χ2v) is 10.6. The van der Waals surface area contributed by atoms with Crippen LogP contribution < -0.4 is 25.3 Å². The predicted molar refractivity (Wildman–Crippen MR) is 163 cm³/mol. The number of nitrogens with one attached hydrogen (secondary N) is 2. The van der Waals surface area contributed by atoms with E-state index in [4.69, 9.17) is 22.2 Å². The number of aryl methyl sites for hydroxylation is 1. The van der Waals surface area contributed by atoms with Crippen LogP contribution in [0.3, 0.4) is 0 Å². The van der Waals surface area contributed by atoms with Crippen molar-refractivity contribution in [1.29, 1.82) is 0 Å². The van der Waals surface area contributed by atoms with Crippen molar-refractivity contribution in [2.24, 2.45) is 0 Å². The van der Waals surface area contributed by atoms with Gasteiger partial charge in [-0.15, -0.1) is 0 Å². The summed E-state index contributed by atoms with van der Waals surface area (Å²) in [5, 5.41) is 7.03. The molecule has 0 unspecified atom stereocenters. The minimum absolute atomic E-state index is 0.206. The van der Waals surface area contributed by atoms with Crippen LogP contribution in [0.1, 0.15) is 37.7 Å². The average molecular weight is 548 g/mol. The number of aromatic nitrogens is 2. The standard InChI is InChI=1S/C30H38FN7S/c31-25-14-12-24(13-15-25)9-8-16-32-30(39)35-29-33-27(37-17-6-1-2-7-18-37)23-28(34-29)38-21-19-36(20-22-38)26-10-4-3-5-11-26/h3-5,10-15,23H,1-2,6-9,16-22H2,(H2,32,33,34,35,39). The highest BCUT2D eigenvalue weighted by atomic mass is 32.1. The van der Waals surface area contributed by atoms with E-state index < -0.39 is 0 Å². The lowest BCUT2D eigenvalue weighted by molar-refractivity contribution is 0.626. The van der Waals surface area contributed by atoms with Crippen molar-refractivity contribution < 1.29 is 4.39 Å². The third-order valence-corrected chi connectivity index (χ3v) is 7.67. The molecule has 5 rings (SSSR count). The van der Waals surface area contributed by atoms with Crippen molar-refractivity contribution in [3.8, 4) is 0 Å². The van der Waals surface area contributed by atoms with Crippen LogP contribution in [0.2, 0.25) is 0 Å². The maximum Gasteiger partial charge on any atom is 0.232 e. The summed E-state index contributed by atoms with van der Waals surface area (Å²) < 4.78 is 13.1. The molecule has 0 amide bonds. The summed E-state index contributed by atoms with van der Waals surface area (Å²) in [5.41, 5.74) is 2.38. The quantitative estimate of drug-likeness (QED) is 0.293. The Labute approximate surface area is 236 Å². The molecule has 3 heterocycles. The van der Waals surface area contributed by atoms with Gasteiger partial charge in [-0.25, -0.2) is 4.39 Å². The van der Waals surface area contributed by atoms with E-state index in [1.54, 1.807) is 0 Å². The summed E-state index contributed by atoms with van der Waals surface area (Å²) in [5.74, 6) is 2.24. The van der Waals surface area contributed by atoms with E-state index in [1.165, 1.54) is 43.5 Å². The van der Waals surface area contributed by atoms with Gasteiger partial charge < -0.3 is 25.3 Å². The van der Waals surface area contributed by atoms with E-state index >= 15 is 0 Å². The molecule has 0 saturated carbocycles. The van der Waals surface area contributed by atoms with E-state index in [-0.39, 0.29) is 5.82 Å². The van der Waals surface area contributed by atoms with Gasteiger partial charge in [0.2, 0.25) is 5.95 Å². The van der Waals surface area contributed by atoms with Gasteiger partial charge in [-0.1, -0.05) is 43.2 Å². The van der Waals surface area contributed by atoms with Gasteiger partial charge in [-0.05, 0) is 67.7 Å². The number of piperazine rings is 1. The molecule has 2 aliphatic rings. The first-order chi connectivity index (χ1) is 19.1. The van der Waals surface area contributed by atoms with Crippen LogP contribution in [0.4, 0.5) is 27.7 Å². The SMILES string of the molecule is Fc1ccc(CCCNC(=S)Nc2nc(N3CCCCCC3)cc(N3CCN(c4ccccc4)CC3)n2)cc1. The Morgan fingerprint density at radius 1 is 0.769 bits per heavy atom. The molecule has 0 spiro atoms. The molecular formula is C30H38FN7S.